The number of urea groups is 1. The van der Waals surface area contributed by atoms with E-state index in [0.717, 1.165) is 27.9 Å². The quantitative estimate of drug-likeness (QED) is 0.223. The fourth-order valence-corrected chi connectivity index (χ4v) is 5.45. The number of aryl methyl sites for hydroxylation is 3. The largest absolute Gasteiger partial charge is 0.573 e. The number of anilines is 2. The molecule has 1 N–H and O–H groups in total. The summed E-state index contributed by atoms with van der Waals surface area (Å²) in [5.74, 6) is 0.468. The Morgan fingerprint density at radius 3 is 2.50 bits per heavy atom. The van der Waals surface area contributed by atoms with E-state index in [1.165, 1.54) is 28.8 Å². The van der Waals surface area contributed by atoms with Crippen LogP contribution in [-0.4, -0.2) is 44.0 Å². The van der Waals surface area contributed by atoms with Gasteiger partial charge in [0.15, 0.2) is 11.0 Å². The van der Waals surface area contributed by atoms with E-state index >= 15 is 0 Å². The van der Waals surface area contributed by atoms with E-state index in [1.807, 2.05) is 25.1 Å². The molecule has 0 aliphatic carbocycles. The average molecular weight is 623 g/mol. The zero-order chi connectivity index (χ0) is 31.4. The van der Waals surface area contributed by atoms with Gasteiger partial charge in [-0.15, -0.1) is 13.2 Å². The number of aliphatic imine (C=N–C) groups is 1. The van der Waals surface area contributed by atoms with Crippen molar-refractivity contribution in [2.75, 3.05) is 16.0 Å². The number of benzene rings is 3. The van der Waals surface area contributed by atoms with Crippen LogP contribution in [0.4, 0.5) is 29.3 Å². The average Bonchev–Trinajstić information content (AvgIpc) is 3.58. The molecular formula is C31H29F3N6O3S. The Balaban J connectivity index is 1.20. The number of amidine groups is 1. The second kappa shape index (κ2) is 12.9. The molecule has 0 saturated carbocycles. The third-order valence-electron chi connectivity index (χ3n) is 6.73. The molecule has 44 heavy (non-hydrogen) atoms. The molecule has 228 valence electrons. The minimum Gasteiger partial charge on any atom is -0.406 e. The van der Waals surface area contributed by atoms with Gasteiger partial charge >= 0.3 is 12.4 Å². The Morgan fingerprint density at radius 1 is 1.09 bits per heavy atom. The number of alkyl halides is 3. The van der Waals surface area contributed by atoms with E-state index in [0.29, 0.717) is 29.6 Å². The SMILES string of the molecule is Cc1ccc(C(C)C)c(N2C(=O)CS/C2=N\C(=O)Nc2ccc(-c3ncn(CCc4ccc(OC(F)(F)F)cc4)n3)cc2)c1. The van der Waals surface area contributed by atoms with E-state index in [9.17, 15) is 22.8 Å². The van der Waals surface area contributed by atoms with Crippen LogP contribution in [0.3, 0.4) is 0 Å². The molecule has 0 spiro atoms. The zero-order valence-corrected chi connectivity index (χ0v) is 24.9. The Kier molecular flexibility index (Phi) is 9.04. The summed E-state index contributed by atoms with van der Waals surface area (Å²) in [7, 11) is 0. The van der Waals surface area contributed by atoms with Gasteiger partial charge < -0.3 is 10.1 Å². The fraction of sp³-hybridized carbons (Fsp3) is 0.258. The molecule has 0 radical (unpaired) electrons. The minimum atomic E-state index is -4.73. The molecule has 1 aliphatic heterocycles. The molecule has 13 heteroatoms. The second-order valence-corrected chi connectivity index (χ2v) is 11.4. The van der Waals surface area contributed by atoms with Crippen LogP contribution in [0.15, 0.2) is 78.0 Å². The van der Waals surface area contributed by atoms with Gasteiger partial charge in [0.25, 0.3) is 0 Å². The number of rotatable bonds is 8. The summed E-state index contributed by atoms with van der Waals surface area (Å²) in [6.07, 6.45) is -2.62. The van der Waals surface area contributed by atoms with Crippen molar-refractivity contribution in [2.24, 2.45) is 4.99 Å². The van der Waals surface area contributed by atoms with Crippen molar-refractivity contribution in [3.63, 3.8) is 0 Å². The Hall–Kier alpha value is -4.65. The lowest BCUT2D eigenvalue weighted by Gasteiger charge is -2.22. The van der Waals surface area contributed by atoms with Gasteiger partial charge in [-0.2, -0.15) is 10.1 Å². The number of halogens is 3. The summed E-state index contributed by atoms with van der Waals surface area (Å²) in [6, 6.07) is 18.0. The highest BCUT2D eigenvalue weighted by Gasteiger charge is 2.33. The number of nitrogens with one attached hydrogen (secondary N) is 1. The summed E-state index contributed by atoms with van der Waals surface area (Å²) in [4.78, 5) is 35.7. The van der Waals surface area contributed by atoms with E-state index in [1.54, 1.807) is 47.4 Å². The summed E-state index contributed by atoms with van der Waals surface area (Å²) in [6.45, 7) is 6.53. The molecule has 1 aliphatic rings. The first kappa shape index (κ1) is 30.8. The standard InChI is InChI=1S/C31H29F3N6O3S/c1-19(2)25-13-4-20(3)16-26(25)40-27(41)17-44-30(40)37-29(42)36-23-9-7-22(8-10-23)28-35-18-39(38-28)15-14-21-5-11-24(12-6-21)43-31(32,33)34/h4-13,16,18-19H,14-15,17H2,1-3H3,(H,36,42)/b37-30-. The van der Waals surface area contributed by atoms with Crippen LogP contribution >= 0.6 is 11.8 Å². The van der Waals surface area contributed by atoms with Crippen molar-refractivity contribution in [3.8, 4) is 17.1 Å². The van der Waals surface area contributed by atoms with E-state index < -0.39 is 12.4 Å². The van der Waals surface area contributed by atoms with Crippen molar-refractivity contribution >= 4 is 40.2 Å². The van der Waals surface area contributed by atoms with Gasteiger partial charge in [0, 0.05) is 17.8 Å². The van der Waals surface area contributed by atoms with E-state index in [2.05, 4.69) is 39.0 Å². The highest BCUT2D eigenvalue weighted by atomic mass is 32.2. The Labute approximate surface area is 256 Å². The molecule has 1 saturated heterocycles. The fourth-order valence-electron chi connectivity index (χ4n) is 4.59. The van der Waals surface area contributed by atoms with Crippen molar-refractivity contribution in [1.82, 2.24) is 14.8 Å². The molecule has 2 heterocycles. The monoisotopic (exact) mass is 622 g/mol. The topological polar surface area (TPSA) is 102 Å². The van der Waals surface area contributed by atoms with Crippen LogP contribution in [0.25, 0.3) is 11.4 Å². The van der Waals surface area contributed by atoms with Gasteiger partial charge in [0.05, 0.1) is 11.4 Å². The number of amides is 3. The number of nitrogens with zero attached hydrogens (tertiary/aromatic N) is 5. The number of carbonyl (C=O) groups is 2. The number of thioether (sulfide) groups is 1. The normalized spacial score (nSPS) is 14.5. The molecule has 3 aromatic carbocycles. The van der Waals surface area contributed by atoms with Crippen LogP contribution in [0, 0.1) is 6.92 Å². The molecule has 0 unspecified atom stereocenters. The summed E-state index contributed by atoms with van der Waals surface area (Å²) >= 11 is 1.23. The molecule has 1 fully saturated rings. The Bertz CT molecular complexity index is 1690. The second-order valence-electron chi connectivity index (χ2n) is 10.4. The third-order valence-corrected chi connectivity index (χ3v) is 7.65. The maximum Gasteiger partial charge on any atom is 0.573 e. The lowest BCUT2D eigenvalue weighted by molar-refractivity contribution is -0.274. The maximum atomic E-state index is 12.8. The van der Waals surface area contributed by atoms with Crippen molar-refractivity contribution in [1.29, 1.82) is 0 Å². The van der Waals surface area contributed by atoms with Gasteiger partial charge in [0.1, 0.15) is 12.1 Å². The van der Waals surface area contributed by atoms with Gasteiger partial charge in [0.2, 0.25) is 5.91 Å². The number of hydrogen-bond acceptors (Lipinski definition) is 6. The maximum absolute atomic E-state index is 12.8. The van der Waals surface area contributed by atoms with Gasteiger partial charge in [-0.05, 0) is 78.4 Å². The highest BCUT2D eigenvalue weighted by molar-refractivity contribution is 8.15. The van der Waals surface area contributed by atoms with Crippen molar-refractivity contribution in [3.05, 3.63) is 89.7 Å². The minimum absolute atomic E-state index is 0.126. The number of aromatic nitrogens is 3. The highest BCUT2D eigenvalue weighted by Crippen LogP contribution is 2.34. The molecule has 0 atom stereocenters. The third kappa shape index (κ3) is 7.64. The molecule has 1 aromatic heterocycles. The van der Waals surface area contributed by atoms with E-state index in [-0.39, 0.29) is 23.3 Å². The van der Waals surface area contributed by atoms with Crippen molar-refractivity contribution in [2.45, 2.75) is 46.0 Å². The lowest BCUT2D eigenvalue weighted by Crippen LogP contribution is -2.31. The molecule has 9 nitrogen and oxygen atoms in total. The molecule has 0 bridgehead atoms. The smallest absolute Gasteiger partial charge is 0.406 e. The van der Waals surface area contributed by atoms with Crippen LogP contribution in [0.5, 0.6) is 5.75 Å². The molecule has 4 aromatic rings. The molecule has 3 amide bonds. The van der Waals surface area contributed by atoms with Crippen LogP contribution in [0.2, 0.25) is 0 Å². The van der Waals surface area contributed by atoms with Crippen molar-refractivity contribution < 1.29 is 27.5 Å². The number of hydrogen-bond donors (Lipinski definition) is 1. The predicted octanol–water partition coefficient (Wildman–Crippen LogP) is 7.19. The lowest BCUT2D eigenvalue weighted by atomic mass is 9.99. The Morgan fingerprint density at radius 2 is 1.82 bits per heavy atom. The first-order chi connectivity index (χ1) is 20.9. The van der Waals surface area contributed by atoms with Gasteiger partial charge in [-0.3, -0.25) is 14.4 Å². The van der Waals surface area contributed by atoms with Crippen LogP contribution < -0.4 is 15.0 Å². The first-order valence-electron chi connectivity index (χ1n) is 13.8. The molecule has 5 rings (SSSR count). The molecular weight excluding hydrogens is 593 g/mol. The number of ether oxygens (including phenoxy) is 1. The van der Waals surface area contributed by atoms with Gasteiger partial charge in [-0.25, -0.2) is 9.78 Å². The first-order valence-corrected chi connectivity index (χ1v) is 14.7. The summed E-state index contributed by atoms with van der Waals surface area (Å²) < 4.78 is 42.6. The zero-order valence-electron chi connectivity index (χ0n) is 24.1. The number of carbonyl (C=O) groups excluding carboxylic acids is 2. The van der Waals surface area contributed by atoms with Crippen LogP contribution in [0.1, 0.15) is 36.5 Å². The summed E-state index contributed by atoms with van der Waals surface area (Å²) in [5, 5.41) is 7.55. The summed E-state index contributed by atoms with van der Waals surface area (Å²) in [5.41, 5.74) is 4.81. The predicted molar refractivity (Wildman–Crippen MR) is 164 cm³/mol. The van der Waals surface area contributed by atoms with E-state index in [4.69, 9.17) is 0 Å². The van der Waals surface area contributed by atoms with Crippen LogP contribution in [-0.2, 0) is 17.8 Å². The van der Waals surface area contributed by atoms with Gasteiger partial charge in [-0.1, -0.05) is 49.9 Å².